The molecule has 130 valence electrons. The van der Waals surface area contributed by atoms with Gasteiger partial charge in [-0.15, -0.1) is 0 Å². The molecule has 2 aliphatic rings. The monoisotopic (exact) mass is 347 g/mol. The van der Waals surface area contributed by atoms with Crippen LogP contribution in [0.15, 0.2) is 48.7 Å². The van der Waals surface area contributed by atoms with Crippen LogP contribution in [0.5, 0.6) is 17.2 Å². The van der Waals surface area contributed by atoms with E-state index in [1.807, 2.05) is 12.1 Å². The number of carbonyl (C=O) groups is 1. The first-order valence-electron chi connectivity index (χ1n) is 8.78. The Morgan fingerprint density at radius 1 is 1.04 bits per heavy atom. The molecule has 1 N–H and O–H groups in total. The molecule has 5 heteroatoms. The van der Waals surface area contributed by atoms with E-state index in [4.69, 9.17) is 9.47 Å². The zero-order valence-electron chi connectivity index (χ0n) is 14.1. The van der Waals surface area contributed by atoms with E-state index in [9.17, 15) is 9.90 Å². The Hall–Kier alpha value is -3.08. The van der Waals surface area contributed by atoms with Crippen LogP contribution in [0, 0.1) is 0 Å². The number of nitrogens with zero attached hydrogens (tertiary/aromatic N) is 1. The molecule has 1 aliphatic heterocycles. The van der Waals surface area contributed by atoms with Crippen molar-refractivity contribution in [3.8, 4) is 17.2 Å². The third kappa shape index (κ3) is 2.31. The molecule has 0 saturated heterocycles. The summed E-state index contributed by atoms with van der Waals surface area (Å²) in [6.07, 6.45) is 5.52. The van der Waals surface area contributed by atoms with Crippen molar-refractivity contribution < 1.29 is 19.4 Å². The number of pyridine rings is 1. The lowest BCUT2D eigenvalue weighted by atomic mass is 10.0. The van der Waals surface area contributed by atoms with Crippen LogP contribution >= 0.6 is 0 Å². The molecule has 1 aliphatic carbocycles. The molecular formula is C21H17NO4. The number of aromatic hydroxyl groups is 1. The van der Waals surface area contributed by atoms with Gasteiger partial charge in [0.15, 0.2) is 17.3 Å². The summed E-state index contributed by atoms with van der Waals surface area (Å²) in [5.74, 6) is 0.600. The average molecular weight is 347 g/mol. The van der Waals surface area contributed by atoms with Crippen LogP contribution in [0.1, 0.15) is 41.6 Å². The molecular weight excluding hydrogens is 330 g/mol. The number of rotatable bonds is 2. The quantitative estimate of drug-likeness (QED) is 0.703. The van der Waals surface area contributed by atoms with Crippen molar-refractivity contribution in [2.24, 2.45) is 0 Å². The van der Waals surface area contributed by atoms with Crippen molar-refractivity contribution in [2.45, 2.75) is 31.5 Å². The first-order chi connectivity index (χ1) is 12.6. The number of hydrogen-bond donors (Lipinski definition) is 1. The molecule has 1 saturated carbocycles. The van der Waals surface area contributed by atoms with E-state index < -0.39 is 5.79 Å². The summed E-state index contributed by atoms with van der Waals surface area (Å²) in [6.45, 7) is 0. The highest BCUT2D eigenvalue weighted by Gasteiger charge is 2.44. The predicted molar refractivity (Wildman–Crippen MR) is 95.7 cm³/mol. The topological polar surface area (TPSA) is 68.7 Å². The summed E-state index contributed by atoms with van der Waals surface area (Å²) < 4.78 is 12.2. The number of carbonyl (C=O) groups excluding carboxylic acids is 1. The molecule has 2 heterocycles. The normalized spacial score (nSPS) is 17.1. The van der Waals surface area contributed by atoms with Crippen LogP contribution in [0.4, 0.5) is 0 Å². The maximum atomic E-state index is 12.7. The van der Waals surface area contributed by atoms with E-state index >= 15 is 0 Å². The predicted octanol–water partition coefficient (Wildman–Crippen LogP) is 4.21. The lowest BCUT2D eigenvalue weighted by molar-refractivity contribution is -0.0716. The number of ketones is 1. The van der Waals surface area contributed by atoms with Gasteiger partial charge in [-0.3, -0.25) is 9.78 Å². The Labute approximate surface area is 150 Å². The Bertz CT molecular complexity index is 1040. The number of phenols is 1. The molecule has 0 bridgehead atoms. The zero-order valence-corrected chi connectivity index (χ0v) is 14.1. The highest BCUT2D eigenvalue weighted by Crippen LogP contribution is 2.47. The van der Waals surface area contributed by atoms with Gasteiger partial charge in [0.05, 0.1) is 11.1 Å². The van der Waals surface area contributed by atoms with Crippen LogP contribution in [0.3, 0.4) is 0 Å². The minimum Gasteiger partial charge on any atom is -0.507 e. The van der Waals surface area contributed by atoms with Crippen molar-refractivity contribution in [1.29, 1.82) is 0 Å². The van der Waals surface area contributed by atoms with Gasteiger partial charge in [-0.1, -0.05) is 12.1 Å². The first-order valence-corrected chi connectivity index (χ1v) is 8.78. The summed E-state index contributed by atoms with van der Waals surface area (Å²) in [4.78, 5) is 17.1. The van der Waals surface area contributed by atoms with Gasteiger partial charge in [-0.2, -0.15) is 0 Å². The molecule has 26 heavy (non-hydrogen) atoms. The van der Waals surface area contributed by atoms with Gasteiger partial charge in [0.1, 0.15) is 5.75 Å². The Kier molecular flexibility index (Phi) is 3.19. The lowest BCUT2D eigenvalue weighted by Gasteiger charge is -2.21. The highest BCUT2D eigenvalue weighted by molar-refractivity contribution is 6.11. The molecule has 5 rings (SSSR count). The minimum absolute atomic E-state index is 0.0357. The number of fused-ring (bicyclic) bond motifs is 2. The largest absolute Gasteiger partial charge is 0.507 e. The van der Waals surface area contributed by atoms with Gasteiger partial charge in [-0.25, -0.2) is 0 Å². The molecule has 0 atom stereocenters. The number of benzene rings is 2. The fourth-order valence-electron chi connectivity index (χ4n) is 3.78. The summed E-state index contributed by atoms with van der Waals surface area (Å²) >= 11 is 0. The van der Waals surface area contributed by atoms with Crippen LogP contribution < -0.4 is 9.47 Å². The third-order valence-corrected chi connectivity index (χ3v) is 5.11. The minimum atomic E-state index is -0.520. The van der Waals surface area contributed by atoms with Gasteiger partial charge < -0.3 is 14.6 Å². The van der Waals surface area contributed by atoms with E-state index in [0.717, 1.165) is 36.6 Å². The fraction of sp³-hybridized carbons (Fsp3) is 0.238. The van der Waals surface area contributed by atoms with Crippen molar-refractivity contribution >= 4 is 16.7 Å². The van der Waals surface area contributed by atoms with E-state index in [0.29, 0.717) is 17.1 Å². The maximum Gasteiger partial charge on any atom is 0.251 e. The fourth-order valence-corrected chi connectivity index (χ4v) is 3.78. The van der Waals surface area contributed by atoms with Gasteiger partial charge in [0.25, 0.3) is 5.79 Å². The van der Waals surface area contributed by atoms with E-state index in [-0.39, 0.29) is 17.1 Å². The van der Waals surface area contributed by atoms with E-state index in [2.05, 4.69) is 4.98 Å². The summed E-state index contributed by atoms with van der Waals surface area (Å²) in [5.41, 5.74) is 1.43. The number of hydrogen-bond acceptors (Lipinski definition) is 5. The Morgan fingerprint density at radius 2 is 1.77 bits per heavy atom. The highest BCUT2D eigenvalue weighted by atomic mass is 16.7. The summed E-state index contributed by atoms with van der Waals surface area (Å²) in [5, 5.41) is 10.7. The summed E-state index contributed by atoms with van der Waals surface area (Å²) in [7, 11) is 0. The number of ether oxygens (including phenoxy) is 2. The van der Waals surface area contributed by atoms with Crippen molar-refractivity contribution in [3.05, 3.63) is 59.8 Å². The second-order valence-electron chi connectivity index (χ2n) is 6.88. The maximum absolute atomic E-state index is 12.7. The van der Waals surface area contributed by atoms with Gasteiger partial charge >= 0.3 is 0 Å². The van der Waals surface area contributed by atoms with Crippen molar-refractivity contribution in [1.82, 2.24) is 4.98 Å². The average Bonchev–Trinajstić information content (AvgIpc) is 3.24. The zero-order chi connectivity index (χ0) is 17.7. The van der Waals surface area contributed by atoms with Crippen LogP contribution in [0.2, 0.25) is 0 Å². The SMILES string of the molecule is O=C(c1cnc2cc3c(cc2c1)OC1(CCCC1)O3)c1ccccc1O. The molecule has 1 fully saturated rings. The first kappa shape index (κ1) is 15.2. The Morgan fingerprint density at radius 3 is 2.54 bits per heavy atom. The van der Waals surface area contributed by atoms with Gasteiger partial charge in [0, 0.05) is 36.1 Å². The van der Waals surface area contributed by atoms with Gasteiger partial charge in [0.2, 0.25) is 0 Å². The lowest BCUT2D eigenvalue weighted by Crippen LogP contribution is -2.34. The molecule has 2 aromatic carbocycles. The molecule has 0 amide bonds. The van der Waals surface area contributed by atoms with E-state index in [1.54, 1.807) is 24.3 Å². The second kappa shape index (κ2) is 5.46. The molecule has 5 nitrogen and oxygen atoms in total. The molecule has 1 spiro atoms. The number of phenolic OH excluding ortho intramolecular Hbond substituents is 1. The van der Waals surface area contributed by atoms with Crippen molar-refractivity contribution in [3.63, 3.8) is 0 Å². The van der Waals surface area contributed by atoms with Crippen LogP contribution in [0.25, 0.3) is 10.9 Å². The number of aromatic nitrogens is 1. The molecule has 1 aromatic heterocycles. The van der Waals surface area contributed by atoms with E-state index in [1.165, 1.54) is 12.3 Å². The van der Waals surface area contributed by atoms with Gasteiger partial charge in [-0.05, 0) is 37.1 Å². The van der Waals surface area contributed by atoms with Crippen LogP contribution in [-0.4, -0.2) is 21.7 Å². The number of para-hydroxylation sites is 1. The summed E-state index contributed by atoms with van der Waals surface area (Å²) in [6, 6.07) is 12.0. The Balaban J connectivity index is 1.54. The molecule has 0 radical (unpaired) electrons. The second-order valence-corrected chi connectivity index (χ2v) is 6.88. The molecule has 0 unspecified atom stereocenters. The van der Waals surface area contributed by atoms with Crippen LogP contribution in [-0.2, 0) is 0 Å². The molecule has 3 aromatic rings. The standard InChI is InChI=1S/C21H17NO4/c23-17-6-2-1-5-15(17)20(24)14-9-13-10-18-19(11-16(13)22-12-14)26-21(25-18)7-3-4-8-21/h1-2,5-6,9-12,23H,3-4,7-8H2. The third-order valence-electron chi connectivity index (χ3n) is 5.11. The van der Waals surface area contributed by atoms with Crippen molar-refractivity contribution in [2.75, 3.05) is 0 Å². The smallest absolute Gasteiger partial charge is 0.251 e.